The molecule has 1 fully saturated rings. The van der Waals surface area contributed by atoms with Gasteiger partial charge in [-0.25, -0.2) is 4.98 Å². The van der Waals surface area contributed by atoms with Crippen molar-refractivity contribution in [2.75, 3.05) is 19.9 Å². The van der Waals surface area contributed by atoms with Crippen molar-refractivity contribution in [3.8, 4) is 11.5 Å². The molecule has 0 unspecified atom stereocenters. The fourth-order valence-corrected chi connectivity index (χ4v) is 3.69. The number of hydrogen-bond donors (Lipinski definition) is 0. The monoisotopic (exact) mass is 341 g/mol. The van der Waals surface area contributed by atoms with Crippen molar-refractivity contribution in [1.82, 2.24) is 14.5 Å². The summed E-state index contributed by atoms with van der Waals surface area (Å²) in [6, 6.07) is 6.24. The average Bonchev–Trinajstić information content (AvgIpc) is 3.27. The van der Waals surface area contributed by atoms with Crippen LogP contribution in [0.2, 0.25) is 0 Å². The number of imidazole rings is 1. The van der Waals surface area contributed by atoms with E-state index in [1.165, 1.54) is 0 Å². The molecule has 1 saturated heterocycles. The van der Waals surface area contributed by atoms with Crippen LogP contribution in [0.1, 0.15) is 36.7 Å². The Kier molecular flexibility index (Phi) is 4.34. The highest BCUT2D eigenvalue weighted by Gasteiger charge is 2.25. The summed E-state index contributed by atoms with van der Waals surface area (Å²) in [4.78, 5) is 19.0. The number of carbonyl (C=O) groups excluding carboxylic acids is 1. The Morgan fingerprint density at radius 2 is 2.20 bits per heavy atom. The van der Waals surface area contributed by atoms with Gasteiger partial charge in [0.15, 0.2) is 11.5 Å². The van der Waals surface area contributed by atoms with Crippen molar-refractivity contribution in [2.45, 2.75) is 38.6 Å². The van der Waals surface area contributed by atoms with E-state index in [1.54, 1.807) is 0 Å². The number of aromatic nitrogens is 2. The summed E-state index contributed by atoms with van der Waals surface area (Å²) >= 11 is 0. The molecule has 1 atom stereocenters. The third-order valence-electron chi connectivity index (χ3n) is 5.07. The number of aryl methyl sites for hydroxylation is 2. The van der Waals surface area contributed by atoms with Crippen molar-refractivity contribution in [3.63, 3.8) is 0 Å². The van der Waals surface area contributed by atoms with Gasteiger partial charge in [-0.1, -0.05) is 6.07 Å². The van der Waals surface area contributed by atoms with Crippen LogP contribution in [0.4, 0.5) is 0 Å². The van der Waals surface area contributed by atoms with Gasteiger partial charge in [-0.3, -0.25) is 4.79 Å². The van der Waals surface area contributed by atoms with Crippen LogP contribution in [0.25, 0.3) is 0 Å². The topological polar surface area (TPSA) is 56.6 Å². The number of piperidine rings is 1. The van der Waals surface area contributed by atoms with Crippen molar-refractivity contribution in [1.29, 1.82) is 0 Å². The number of carbonyl (C=O) groups is 1. The molecule has 0 spiro atoms. The first-order chi connectivity index (χ1) is 12.2. The van der Waals surface area contributed by atoms with Crippen LogP contribution in [0.15, 0.2) is 30.6 Å². The summed E-state index contributed by atoms with van der Waals surface area (Å²) in [6.07, 6.45) is 7.23. The number of benzene rings is 1. The van der Waals surface area contributed by atoms with Crippen LogP contribution in [0.3, 0.4) is 0 Å². The fraction of sp³-hybridized carbons (Fsp3) is 0.474. The summed E-state index contributed by atoms with van der Waals surface area (Å²) in [7, 11) is 0. The minimum absolute atomic E-state index is 0.222. The lowest BCUT2D eigenvalue weighted by molar-refractivity contribution is -0.132. The van der Waals surface area contributed by atoms with E-state index in [-0.39, 0.29) is 12.7 Å². The van der Waals surface area contributed by atoms with Crippen LogP contribution in [-0.2, 0) is 11.2 Å². The second-order valence-corrected chi connectivity index (χ2v) is 6.71. The second-order valence-electron chi connectivity index (χ2n) is 6.71. The summed E-state index contributed by atoms with van der Waals surface area (Å²) in [5.41, 5.74) is 1.11. The van der Waals surface area contributed by atoms with Gasteiger partial charge in [-0.2, -0.15) is 0 Å². The lowest BCUT2D eigenvalue weighted by Gasteiger charge is -2.34. The van der Waals surface area contributed by atoms with Gasteiger partial charge >= 0.3 is 0 Å². The molecule has 0 aliphatic carbocycles. The summed E-state index contributed by atoms with van der Waals surface area (Å²) in [5, 5.41) is 0. The highest BCUT2D eigenvalue weighted by molar-refractivity contribution is 5.76. The molecule has 4 rings (SSSR count). The molecule has 1 aromatic heterocycles. The molecule has 1 aromatic carbocycles. The number of hydrogen-bond acceptors (Lipinski definition) is 4. The molecule has 2 aliphatic rings. The molecule has 0 radical (unpaired) electrons. The molecule has 6 nitrogen and oxygen atoms in total. The van der Waals surface area contributed by atoms with Gasteiger partial charge in [0.05, 0.1) is 6.04 Å². The number of rotatable bonds is 4. The van der Waals surface area contributed by atoms with Crippen molar-refractivity contribution in [2.24, 2.45) is 0 Å². The Morgan fingerprint density at radius 3 is 3.04 bits per heavy atom. The maximum atomic E-state index is 12.7. The Hall–Kier alpha value is -2.50. The second kappa shape index (κ2) is 6.78. The maximum absolute atomic E-state index is 12.7. The number of likely N-dealkylation sites (tertiary alicyclic amines) is 1. The number of amides is 1. The highest BCUT2D eigenvalue weighted by atomic mass is 16.7. The largest absolute Gasteiger partial charge is 0.454 e. The molecule has 0 bridgehead atoms. The van der Waals surface area contributed by atoms with Crippen molar-refractivity contribution >= 4 is 5.91 Å². The molecule has 6 heteroatoms. The fourth-order valence-electron chi connectivity index (χ4n) is 3.69. The van der Waals surface area contributed by atoms with E-state index >= 15 is 0 Å². The molecule has 0 saturated carbocycles. The molecule has 25 heavy (non-hydrogen) atoms. The highest BCUT2D eigenvalue weighted by Crippen LogP contribution is 2.33. The summed E-state index contributed by atoms with van der Waals surface area (Å²) < 4.78 is 12.9. The van der Waals surface area contributed by atoms with Gasteiger partial charge < -0.3 is 18.9 Å². The first kappa shape index (κ1) is 16.0. The quantitative estimate of drug-likeness (QED) is 0.858. The van der Waals surface area contributed by atoms with Crippen LogP contribution in [0, 0.1) is 6.92 Å². The van der Waals surface area contributed by atoms with Gasteiger partial charge in [-0.05, 0) is 43.9 Å². The third-order valence-corrected chi connectivity index (χ3v) is 5.07. The van der Waals surface area contributed by atoms with Gasteiger partial charge in [-0.15, -0.1) is 0 Å². The molecular formula is C19H23N3O3. The Labute approximate surface area is 147 Å². The van der Waals surface area contributed by atoms with Crippen molar-refractivity contribution in [3.05, 3.63) is 42.0 Å². The standard InChI is InChI=1S/C19H23N3O3/c1-14-20-8-10-22(14)16-3-2-9-21(12-16)19(23)7-5-15-4-6-17-18(11-15)25-13-24-17/h4,6,8,10-11,16H,2-3,5,7,9,12-13H2,1H3/t16-/m1/s1. The van der Waals surface area contributed by atoms with Gasteiger partial charge in [0.2, 0.25) is 12.7 Å². The zero-order chi connectivity index (χ0) is 17.2. The zero-order valence-electron chi connectivity index (χ0n) is 14.5. The summed E-state index contributed by atoms with van der Waals surface area (Å²) in [5.74, 6) is 2.79. The van der Waals surface area contributed by atoms with Crippen LogP contribution in [-0.4, -0.2) is 40.2 Å². The zero-order valence-corrected chi connectivity index (χ0v) is 14.5. The SMILES string of the molecule is Cc1nccn1[C@@H]1CCCN(C(=O)CCc2ccc3c(c2)OCO3)C1. The van der Waals surface area contributed by atoms with E-state index in [1.807, 2.05) is 42.4 Å². The molecule has 2 aliphatic heterocycles. The van der Waals surface area contributed by atoms with E-state index < -0.39 is 0 Å². The molecule has 0 N–H and O–H groups in total. The molecule has 3 heterocycles. The Bertz CT molecular complexity index is 771. The number of nitrogens with zero attached hydrogens (tertiary/aromatic N) is 3. The van der Waals surface area contributed by atoms with Gasteiger partial charge in [0.25, 0.3) is 0 Å². The maximum Gasteiger partial charge on any atom is 0.231 e. The van der Waals surface area contributed by atoms with Gasteiger partial charge in [0.1, 0.15) is 5.82 Å². The van der Waals surface area contributed by atoms with E-state index in [0.717, 1.165) is 55.2 Å². The molecular weight excluding hydrogens is 318 g/mol. The first-order valence-electron chi connectivity index (χ1n) is 8.86. The normalized spacial score (nSPS) is 19.2. The molecule has 2 aromatic rings. The van der Waals surface area contributed by atoms with E-state index in [2.05, 4.69) is 9.55 Å². The Morgan fingerprint density at radius 1 is 1.32 bits per heavy atom. The predicted octanol–water partition coefficient (Wildman–Crippen LogP) is 2.72. The summed E-state index contributed by atoms with van der Waals surface area (Å²) in [6.45, 7) is 3.92. The molecule has 1 amide bonds. The third kappa shape index (κ3) is 3.34. The predicted molar refractivity (Wildman–Crippen MR) is 92.7 cm³/mol. The van der Waals surface area contributed by atoms with E-state index in [0.29, 0.717) is 12.5 Å². The number of ether oxygens (including phenoxy) is 2. The van der Waals surface area contributed by atoms with Crippen LogP contribution < -0.4 is 9.47 Å². The van der Waals surface area contributed by atoms with E-state index in [4.69, 9.17) is 9.47 Å². The van der Waals surface area contributed by atoms with E-state index in [9.17, 15) is 4.79 Å². The minimum atomic E-state index is 0.222. The number of fused-ring (bicyclic) bond motifs is 1. The van der Waals surface area contributed by atoms with Gasteiger partial charge in [0, 0.05) is 31.9 Å². The Balaban J connectivity index is 1.35. The first-order valence-corrected chi connectivity index (χ1v) is 8.86. The van der Waals surface area contributed by atoms with Crippen LogP contribution in [0.5, 0.6) is 11.5 Å². The lowest BCUT2D eigenvalue weighted by atomic mass is 10.0. The minimum Gasteiger partial charge on any atom is -0.454 e. The smallest absolute Gasteiger partial charge is 0.231 e. The lowest BCUT2D eigenvalue weighted by Crippen LogP contribution is -2.40. The molecule has 132 valence electrons. The van der Waals surface area contributed by atoms with Crippen LogP contribution >= 0.6 is 0 Å². The van der Waals surface area contributed by atoms with Crippen molar-refractivity contribution < 1.29 is 14.3 Å². The average molecular weight is 341 g/mol.